The predicted octanol–water partition coefficient (Wildman–Crippen LogP) is 1.72. The van der Waals surface area contributed by atoms with E-state index in [0.717, 1.165) is 12.8 Å². The zero-order chi connectivity index (χ0) is 21.1. The lowest BCUT2D eigenvalue weighted by atomic mass is 10.00. The molecule has 10 heteroatoms. The van der Waals surface area contributed by atoms with Gasteiger partial charge in [0.25, 0.3) is 5.91 Å². The zero-order valence-corrected chi connectivity index (χ0v) is 16.8. The molecule has 3 aromatic heterocycles. The van der Waals surface area contributed by atoms with Crippen LogP contribution in [0.1, 0.15) is 30.1 Å². The summed E-state index contributed by atoms with van der Waals surface area (Å²) in [6, 6.07) is 6.77. The second-order valence-electron chi connectivity index (χ2n) is 7.09. The number of likely N-dealkylation sites (tertiary alicyclic amines) is 1. The largest absolute Gasteiger partial charge is 0.481 e. The standard InChI is InChI=1S/C20H23N7O3/c1-13-3-4-15(30-18-11-14(21)7-8-22-18)12-26(13)20(28)16-5-6-17(29-2)25-19(16)27-23-9-10-24-27/h5-11,13,15H,3-4,12H2,1-2H3,(H2,21,22). The fraction of sp³-hybridized carbons (Fsp3) is 0.350. The van der Waals surface area contributed by atoms with E-state index in [4.69, 9.17) is 15.2 Å². The molecule has 2 atom stereocenters. The SMILES string of the molecule is COc1ccc(C(=O)N2CC(Oc3cc(N)ccn3)CCC2C)c(-n2nccn2)n1. The fourth-order valence-electron chi connectivity index (χ4n) is 3.46. The van der Waals surface area contributed by atoms with Gasteiger partial charge in [0.1, 0.15) is 6.10 Å². The summed E-state index contributed by atoms with van der Waals surface area (Å²) >= 11 is 0. The Morgan fingerprint density at radius 2 is 1.93 bits per heavy atom. The minimum Gasteiger partial charge on any atom is -0.481 e. The number of nitrogen functional groups attached to an aromatic ring is 1. The van der Waals surface area contributed by atoms with Gasteiger partial charge in [0.2, 0.25) is 11.8 Å². The number of nitrogens with two attached hydrogens (primary N) is 1. The number of methoxy groups -OCH3 is 1. The first-order valence-electron chi connectivity index (χ1n) is 9.66. The van der Waals surface area contributed by atoms with Crippen molar-refractivity contribution >= 4 is 11.6 Å². The molecule has 1 amide bonds. The van der Waals surface area contributed by atoms with Gasteiger partial charge >= 0.3 is 0 Å². The first-order chi connectivity index (χ1) is 14.5. The molecule has 1 fully saturated rings. The molecule has 4 heterocycles. The Bertz CT molecular complexity index is 1020. The second kappa shape index (κ2) is 8.36. The first-order valence-corrected chi connectivity index (χ1v) is 9.66. The Balaban J connectivity index is 1.59. The van der Waals surface area contributed by atoms with Gasteiger partial charge in [-0.15, -0.1) is 4.80 Å². The topological polar surface area (TPSA) is 121 Å². The molecule has 0 radical (unpaired) electrons. The summed E-state index contributed by atoms with van der Waals surface area (Å²) in [5.41, 5.74) is 6.78. The highest BCUT2D eigenvalue weighted by Crippen LogP contribution is 2.25. The normalized spacial score (nSPS) is 18.8. The maximum atomic E-state index is 13.5. The Hall–Kier alpha value is -3.69. The van der Waals surface area contributed by atoms with Gasteiger partial charge in [0.15, 0.2) is 5.82 Å². The van der Waals surface area contributed by atoms with E-state index in [9.17, 15) is 4.79 Å². The van der Waals surface area contributed by atoms with Crippen LogP contribution in [-0.4, -0.2) is 61.6 Å². The molecule has 4 rings (SSSR count). The monoisotopic (exact) mass is 409 g/mol. The summed E-state index contributed by atoms with van der Waals surface area (Å²) < 4.78 is 11.2. The molecular weight excluding hydrogens is 386 g/mol. The molecule has 10 nitrogen and oxygen atoms in total. The van der Waals surface area contributed by atoms with Crippen LogP contribution in [0.4, 0.5) is 5.69 Å². The van der Waals surface area contributed by atoms with Crippen LogP contribution in [0.5, 0.6) is 11.8 Å². The van der Waals surface area contributed by atoms with Crippen molar-refractivity contribution in [3.8, 4) is 17.6 Å². The van der Waals surface area contributed by atoms with E-state index in [2.05, 4.69) is 20.2 Å². The molecule has 0 aromatic carbocycles. The number of aromatic nitrogens is 5. The number of hydrogen-bond donors (Lipinski definition) is 1. The average Bonchev–Trinajstić information content (AvgIpc) is 3.29. The van der Waals surface area contributed by atoms with Crippen LogP contribution >= 0.6 is 0 Å². The molecule has 156 valence electrons. The summed E-state index contributed by atoms with van der Waals surface area (Å²) in [6.07, 6.45) is 6.10. The minimum absolute atomic E-state index is 0.0479. The van der Waals surface area contributed by atoms with Crippen molar-refractivity contribution in [2.24, 2.45) is 0 Å². The second-order valence-corrected chi connectivity index (χ2v) is 7.09. The van der Waals surface area contributed by atoms with Crippen LogP contribution < -0.4 is 15.2 Å². The lowest BCUT2D eigenvalue weighted by Gasteiger charge is -2.38. The summed E-state index contributed by atoms with van der Waals surface area (Å²) in [4.78, 5) is 25.1. The van der Waals surface area contributed by atoms with Crippen molar-refractivity contribution in [1.29, 1.82) is 0 Å². The lowest BCUT2D eigenvalue weighted by Crippen LogP contribution is -2.49. The quantitative estimate of drug-likeness (QED) is 0.676. The number of pyridine rings is 2. The number of hydrogen-bond acceptors (Lipinski definition) is 8. The summed E-state index contributed by atoms with van der Waals surface area (Å²) in [5, 5.41) is 8.24. The van der Waals surface area contributed by atoms with Crippen LogP contribution in [0.25, 0.3) is 5.82 Å². The molecule has 0 aliphatic carbocycles. The number of amides is 1. The maximum Gasteiger partial charge on any atom is 0.258 e. The molecule has 0 spiro atoms. The average molecular weight is 409 g/mol. The van der Waals surface area contributed by atoms with E-state index < -0.39 is 0 Å². The van der Waals surface area contributed by atoms with E-state index in [-0.39, 0.29) is 18.1 Å². The smallest absolute Gasteiger partial charge is 0.258 e. The summed E-state index contributed by atoms with van der Waals surface area (Å²) in [7, 11) is 1.52. The Morgan fingerprint density at radius 1 is 1.13 bits per heavy atom. The van der Waals surface area contributed by atoms with E-state index in [1.165, 1.54) is 24.3 Å². The molecule has 30 heavy (non-hydrogen) atoms. The van der Waals surface area contributed by atoms with Crippen LogP contribution in [-0.2, 0) is 0 Å². The van der Waals surface area contributed by atoms with Gasteiger partial charge in [-0.05, 0) is 31.9 Å². The van der Waals surface area contributed by atoms with Crippen LogP contribution in [0.15, 0.2) is 42.9 Å². The molecule has 1 aliphatic heterocycles. The van der Waals surface area contributed by atoms with Crippen molar-refractivity contribution in [3.05, 3.63) is 48.4 Å². The first kappa shape index (κ1) is 19.6. The minimum atomic E-state index is -0.183. The maximum absolute atomic E-state index is 13.5. The number of carbonyl (C=O) groups excluding carboxylic acids is 1. The van der Waals surface area contributed by atoms with E-state index in [1.54, 1.807) is 35.4 Å². The molecule has 2 N–H and O–H groups in total. The highest BCUT2D eigenvalue weighted by molar-refractivity contribution is 5.97. The number of piperidine rings is 1. The predicted molar refractivity (Wildman–Crippen MR) is 109 cm³/mol. The van der Waals surface area contributed by atoms with Gasteiger partial charge in [0.05, 0.1) is 31.6 Å². The Morgan fingerprint density at radius 3 is 2.67 bits per heavy atom. The van der Waals surface area contributed by atoms with Crippen LogP contribution in [0.2, 0.25) is 0 Å². The van der Waals surface area contributed by atoms with E-state index in [1.807, 2.05) is 6.92 Å². The van der Waals surface area contributed by atoms with Gasteiger partial charge in [-0.3, -0.25) is 4.79 Å². The number of anilines is 1. The van der Waals surface area contributed by atoms with Crippen LogP contribution in [0.3, 0.4) is 0 Å². The van der Waals surface area contributed by atoms with E-state index >= 15 is 0 Å². The van der Waals surface area contributed by atoms with Crippen LogP contribution in [0, 0.1) is 0 Å². The van der Waals surface area contributed by atoms with E-state index in [0.29, 0.717) is 35.4 Å². The Labute approximate surface area is 173 Å². The number of carbonyl (C=O) groups is 1. The van der Waals surface area contributed by atoms with Gasteiger partial charge in [-0.1, -0.05) is 0 Å². The van der Waals surface area contributed by atoms with Crippen molar-refractivity contribution < 1.29 is 14.3 Å². The van der Waals surface area contributed by atoms with Crippen molar-refractivity contribution in [1.82, 2.24) is 29.9 Å². The van der Waals surface area contributed by atoms with Crippen molar-refractivity contribution in [2.45, 2.75) is 31.9 Å². The van der Waals surface area contributed by atoms with Gasteiger partial charge in [-0.2, -0.15) is 15.2 Å². The van der Waals surface area contributed by atoms with Gasteiger partial charge in [0, 0.05) is 30.1 Å². The third-order valence-electron chi connectivity index (χ3n) is 5.04. The van der Waals surface area contributed by atoms with Crippen molar-refractivity contribution in [2.75, 3.05) is 19.4 Å². The number of nitrogens with zero attached hydrogens (tertiary/aromatic N) is 6. The number of rotatable bonds is 5. The highest BCUT2D eigenvalue weighted by Gasteiger charge is 2.32. The molecule has 2 unspecified atom stereocenters. The molecule has 3 aromatic rings. The lowest BCUT2D eigenvalue weighted by molar-refractivity contribution is 0.0372. The van der Waals surface area contributed by atoms with Gasteiger partial charge in [-0.25, -0.2) is 4.98 Å². The molecular formula is C20H23N7O3. The molecule has 0 bridgehead atoms. The summed E-state index contributed by atoms with van der Waals surface area (Å²) in [5.74, 6) is 0.977. The third-order valence-corrected chi connectivity index (χ3v) is 5.04. The molecule has 0 saturated carbocycles. The third kappa shape index (κ3) is 4.02. The zero-order valence-electron chi connectivity index (χ0n) is 16.8. The molecule has 1 aliphatic rings. The number of ether oxygens (including phenoxy) is 2. The molecule has 1 saturated heterocycles. The van der Waals surface area contributed by atoms with Gasteiger partial charge < -0.3 is 20.1 Å². The fourth-order valence-corrected chi connectivity index (χ4v) is 3.46. The highest BCUT2D eigenvalue weighted by atomic mass is 16.5. The summed E-state index contributed by atoms with van der Waals surface area (Å²) in [6.45, 7) is 2.45. The van der Waals surface area contributed by atoms with Crippen molar-refractivity contribution in [3.63, 3.8) is 0 Å². The Kier molecular flexibility index (Phi) is 5.46.